The van der Waals surface area contributed by atoms with Crippen molar-refractivity contribution < 1.29 is 0 Å². The Balaban J connectivity index is 2.26. The summed E-state index contributed by atoms with van der Waals surface area (Å²) in [5, 5.41) is 18.9. The maximum absolute atomic E-state index is 8.25. The first-order valence-corrected chi connectivity index (χ1v) is 6.41. The van der Waals surface area contributed by atoms with Crippen LogP contribution in [0.3, 0.4) is 0 Å². The number of nitrogens with zero attached hydrogens (tertiary/aromatic N) is 5. The highest BCUT2D eigenvalue weighted by atomic mass is 32.2. The molecule has 2 N–H and O–H groups in total. The van der Waals surface area contributed by atoms with E-state index in [4.69, 9.17) is 5.26 Å². The van der Waals surface area contributed by atoms with Gasteiger partial charge in [-0.2, -0.15) is 5.26 Å². The van der Waals surface area contributed by atoms with Crippen molar-refractivity contribution in [1.29, 1.82) is 5.26 Å². The molecule has 0 unspecified atom stereocenters. The van der Waals surface area contributed by atoms with Gasteiger partial charge in [-0.05, 0) is 13.3 Å². The number of rotatable bonds is 5. The van der Waals surface area contributed by atoms with E-state index in [9.17, 15) is 0 Å². The van der Waals surface area contributed by atoms with Gasteiger partial charge in [-0.1, -0.05) is 5.11 Å². The van der Waals surface area contributed by atoms with Crippen LogP contribution in [0, 0.1) is 18.4 Å². The van der Waals surface area contributed by atoms with E-state index < -0.39 is 0 Å². The normalized spacial score (nSPS) is 11.7. The first-order valence-electron chi connectivity index (χ1n) is 5.42. The second-order valence-corrected chi connectivity index (χ2v) is 4.38. The van der Waals surface area contributed by atoms with Crippen molar-refractivity contribution in [2.24, 2.45) is 15.2 Å². The number of imidazole rings is 1. The van der Waals surface area contributed by atoms with Crippen LogP contribution < -0.4 is 5.32 Å². The molecular formula is C10H15N7S. The summed E-state index contributed by atoms with van der Waals surface area (Å²) in [7, 11) is 1.69. The van der Waals surface area contributed by atoms with Crippen LogP contribution in [0.5, 0.6) is 0 Å². The third-order valence-electron chi connectivity index (χ3n) is 2.01. The Hall–Kier alpha value is -1.88. The third-order valence-corrected chi connectivity index (χ3v) is 3.20. The quantitative estimate of drug-likeness (QED) is 0.211. The lowest BCUT2D eigenvalue weighted by Gasteiger charge is -1.99. The summed E-state index contributed by atoms with van der Waals surface area (Å²) in [6, 6.07) is 0. The smallest absolute Gasteiger partial charge is 0.238 e. The number of azo groups is 1. The van der Waals surface area contributed by atoms with E-state index in [0.29, 0.717) is 12.5 Å². The van der Waals surface area contributed by atoms with Crippen LogP contribution in [0.4, 0.5) is 0 Å². The molecule has 0 atom stereocenters. The zero-order valence-electron chi connectivity index (χ0n) is 10.3. The van der Waals surface area contributed by atoms with Crippen LogP contribution in [-0.2, 0) is 0 Å². The summed E-state index contributed by atoms with van der Waals surface area (Å²) in [4.78, 5) is 11.4. The first-order chi connectivity index (χ1) is 8.77. The SMILES string of the molecule is CNC(/N=N/C#N)=N\CCCSc1[nH]cnc1C. The fourth-order valence-corrected chi connectivity index (χ4v) is 2.03. The number of aryl methyl sites for hydroxylation is 1. The van der Waals surface area contributed by atoms with Crippen molar-refractivity contribution in [2.75, 3.05) is 19.3 Å². The number of nitriles is 1. The Morgan fingerprint density at radius 1 is 1.67 bits per heavy atom. The minimum Gasteiger partial charge on any atom is -0.356 e. The van der Waals surface area contributed by atoms with Gasteiger partial charge in [0, 0.05) is 19.3 Å². The molecule has 0 saturated carbocycles. The van der Waals surface area contributed by atoms with E-state index in [2.05, 4.69) is 30.5 Å². The first kappa shape index (κ1) is 14.2. The lowest BCUT2D eigenvalue weighted by Crippen LogP contribution is -2.15. The molecule has 0 bridgehead atoms. The molecule has 0 saturated heterocycles. The van der Waals surface area contributed by atoms with Gasteiger partial charge in [0.15, 0.2) is 0 Å². The molecule has 0 aromatic carbocycles. The van der Waals surface area contributed by atoms with E-state index in [1.807, 2.05) is 6.92 Å². The molecular weight excluding hydrogens is 250 g/mol. The Morgan fingerprint density at radius 3 is 3.11 bits per heavy atom. The number of hydrogen-bond donors (Lipinski definition) is 2. The van der Waals surface area contributed by atoms with E-state index >= 15 is 0 Å². The highest BCUT2D eigenvalue weighted by Crippen LogP contribution is 2.18. The van der Waals surface area contributed by atoms with Crippen LogP contribution in [-0.4, -0.2) is 35.3 Å². The number of guanidine groups is 1. The summed E-state index contributed by atoms with van der Waals surface area (Å²) in [5.41, 5.74) is 1.02. The van der Waals surface area contributed by atoms with E-state index in [0.717, 1.165) is 22.9 Å². The molecule has 1 aromatic rings. The standard InChI is InChI=1S/C10H15N7S/c1-8-9(15-7-14-8)18-5-3-4-13-10(12-2)17-16-6-11/h7H,3-5H2,1-2H3,(H,12,13)(H,14,15)/b17-16+. The van der Waals surface area contributed by atoms with Crippen LogP contribution in [0.2, 0.25) is 0 Å². The summed E-state index contributed by atoms with van der Waals surface area (Å²) < 4.78 is 0. The predicted octanol–water partition coefficient (Wildman–Crippen LogP) is 1.71. The maximum Gasteiger partial charge on any atom is 0.238 e. The van der Waals surface area contributed by atoms with Crippen LogP contribution in [0.25, 0.3) is 0 Å². The van der Waals surface area contributed by atoms with Crippen LogP contribution in [0.1, 0.15) is 12.1 Å². The number of aliphatic imine (C=N–C) groups is 1. The molecule has 96 valence electrons. The Bertz CT molecular complexity index is 457. The van der Waals surface area contributed by atoms with Gasteiger partial charge < -0.3 is 10.3 Å². The molecule has 1 heterocycles. The fraction of sp³-hybridized carbons (Fsp3) is 0.500. The number of hydrogen-bond acceptors (Lipinski definition) is 5. The van der Waals surface area contributed by atoms with Gasteiger partial charge in [-0.15, -0.1) is 16.9 Å². The van der Waals surface area contributed by atoms with Crippen molar-refractivity contribution in [3.63, 3.8) is 0 Å². The Labute approximate surface area is 110 Å². The third kappa shape index (κ3) is 4.97. The molecule has 0 amide bonds. The molecule has 0 fully saturated rings. The molecule has 0 aliphatic carbocycles. The number of aromatic amines is 1. The molecule has 0 radical (unpaired) electrons. The number of aromatic nitrogens is 2. The van der Waals surface area contributed by atoms with E-state index in [1.54, 1.807) is 31.3 Å². The summed E-state index contributed by atoms with van der Waals surface area (Å²) >= 11 is 1.72. The highest BCUT2D eigenvalue weighted by Gasteiger charge is 2.00. The fourth-order valence-electron chi connectivity index (χ4n) is 1.15. The topological polar surface area (TPSA) is 102 Å². The van der Waals surface area contributed by atoms with Gasteiger partial charge in [0.1, 0.15) is 0 Å². The summed E-state index contributed by atoms with van der Waals surface area (Å²) in [6.45, 7) is 2.61. The van der Waals surface area contributed by atoms with Gasteiger partial charge in [0.05, 0.1) is 17.0 Å². The molecule has 1 rings (SSSR count). The van der Waals surface area contributed by atoms with Gasteiger partial charge in [-0.3, -0.25) is 0 Å². The second-order valence-electron chi connectivity index (χ2n) is 3.27. The Kier molecular flexibility index (Phi) is 6.50. The zero-order chi connectivity index (χ0) is 13.2. The predicted molar refractivity (Wildman–Crippen MR) is 70.5 cm³/mol. The molecule has 0 aliphatic heterocycles. The van der Waals surface area contributed by atoms with E-state index in [-0.39, 0.29) is 0 Å². The monoisotopic (exact) mass is 265 g/mol. The van der Waals surface area contributed by atoms with Crippen molar-refractivity contribution in [1.82, 2.24) is 15.3 Å². The lowest BCUT2D eigenvalue weighted by atomic mass is 10.5. The molecule has 7 nitrogen and oxygen atoms in total. The van der Waals surface area contributed by atoms with E-state index in [1.165, 1.54) is 0 Å². The summed E-state index contributed by atoms with van der Waals surface area (Å²) in [5.74, 6) is 1.32. The van der Waals surface area contributed by atoms with Crippen molar-refractivity contribution in [3.8, 4) is 6.19 Å². The average molecular weight is 265 g/mol. The van der Waals surface area contributed by atoms with Gasteiger partial charge >= 0.3 is 0 Å². The Morgan fingerprint density at radius 2 is 2.50 bits per heavy atom. The van der Waals surface area contributed by atoms with Crippen molar-refractivity contribution in [3.05, 3.63) is 12.0 Å². The minimum absolute atomic E-state index is 0.374. The van der Waals surface area contributed by atoms with Crippen molar-refractivity contribution in [2.45, 2.75) is 18.4 Å². The maximum atomic E-state index is 8.25. The highest BCUT2D eigenvalue weighted by molar-refractivity contribution is 7.99. The van der Waals surface area contributed by atoms with Gasteiger partial charge in [0.25, 0.3) is 0 Å². The minimum atomic E-state index is 0.374. The number of nitrogens with one attached hydrogen (secondary N) is 2. The average Bonchev–Trinajstić information content (AvgIpc) is 2.78. The lowest BCUT2D eigenvalue weighted by molar-refractivity contribution is 0.917. The molecule has 0 spiro atoms. The van der Waals surface area contributed by atoms with Crippen molar-refractivity contribution >= 4 is 17.7 Å². The van der Waals surface area contributed by atoms with Crippen LogP contribution in [0.15, 0.2) is 26.6 Å². The number of H-pyrrole nitrogens is 1. The molecule has 1 aromatic heterocycles. The second kappa shape index (κ2) is 8.25. The molecule has 8 heteroatoms. The summed E-state index contributed by atoms with van der Waals surface area (Å²) in [6.07, 6.45) is 4.19. The molecule has 0 aliphatic rings. The van der Waals surface area contributed by atoms with Gasteiger partial charge in [-0.25, -0.2) is 9.98 Å². The largest absolute Gasteiger partial charge is 0.356 e. The van der Waals surface area contributed by atoms with Gasteiger partial charge in [0.2, 0.25) is 12.2 Å². The zero-order valence-corrected chi connectivity index (χ0v) is 11.2. The molecule has 18 heavy (non-hydrogen) atoms. The number of thioether (sulfide) groups is 1. The van der Waals surface area contributed by atoms with Crippen LogP contribution >= 0.6 is 11.8 Å².